The van der Waals surface area contributed by atoms with E-state index in [4.69, 9.17) is 15.0 Å². The van der Waals surface area contributed by atoms with Crippen molar-refractivity contribution in [2.75, 3.05) is 0 Å². The second kappa shape index (κ2) is 8.00. The molecule has 0 fully saturated rings. The minimum Gasteiger partial charge on any atom is -0.249 e. The molecule has 1 radical (unpaired) electrons. The zero-order chi connectivity index (χ0) is 19.9. The van der Waals surface area contributed by atoms with E-state index in [0.29, 0.717) is 0 Å². The van der Waals surface area contributed by atoms with Crippen LogP contribution in [0.4, 0.5) is 0 Å². The Hall–Kier alpha value is -3.44. The average Bonchev–Trinajstić information content (AvgIpc) is 3.53. The van der Waals surface area contributed by atoms with E-state index in [2.05, 4.69) is 23.2 Å². The summed E-state index contributed by atoms with van der Waals surface area (Å²) >= 11 is 0. The molecule has 5 heterocycles. The zero-order valence-corrected chi connectivity index (χ0v) is 17.8. The van der Waals surface area contributed by atoms with Crippen molar-refractivity contribution in [3.63, 3.8) is 0 Å². The zero-order valence-electron chi connectivity index (χ0n) is 16.3. The Morgan fingerprint density at radius 1 is 0.452 bits per heavy atom. The minimum atomic E-state index is 0. The Morgan fingerprint density at radius 3 is 1.55 bits per heavy atom. The molecule has 0 atom stereocenters. The largest absolute Gasteiger partial charge is 0.249 e. The van der Waals surface area contributed by atoms with Gasteiger partial charge in [0.1, 0.15) is 0 Å². The van der Waals surface area contributed by atoms with Crippen LogP contribution < -0.4 is 0 Å². The molecule has 0 aliphatic carbocycles. The van der Waals surface area contributed by atoms with E-state index in [-0.39, 0.29) is 22.4 Å². The number of hydrogen-bond acceptors (Lipinski definition) is 4. The minimum absolute atomic E-state index is 0. The molecule has 1 aromatic carbocycles. The van der Waals surface area contributed by atoms with Gasteiger partial charge in [0.25, 0.3) is 0 Å². The van der Waals surface area contributed by atoms with E-state index in [1.165, 1.54) is 0 Å². The van der Waals surface area contributed by atoms with E-state index in [0.717, 1.165) is 56.8 Å². The Balaban J connectivity index is 0.00000204. The quantitative estimate of drug-likeness (QED) is 0.490. The number of aliphatic imine (C=N–C) groups is 4. The number of fused-ring (bicyclic) bond motifs is 4. The molecule has 31 heavy (non-hydrogen) atoms. The van der Waals surface area contributed by atoms with E-state index in [1.54, 1.807) is 0 Å². The molecule has 0 spiro atoms. The molecular weight excluding hydrogens is 476 g/mol. The fourth-order valence-electron chi connectivity index (χ4n) is 3.75. The van der Waals surface area contributed by atoms with E-state index in [9.17, 15) is 0 Å². The Kier molecular flexibility index (Phi) is 5.04. The maximum absolute atomic E-state index is 4.87. The summed E-state index contributed by atoms with van der Waals surface area (Å²) in [5.74, 6) is 0. The second-order valence-electron chi connectivity index (χ2n) is 7.31. The van der Waals surface area contributed by atoms with Crippen molar-refractivity contribution in [2.45, 2.75) is 0 Å². The summed E-state index contributed by atoms with van der Waals surface area (Å²) in [6.45, 7) is 0. The predicted octanol–water partition coefficient (Wildman–Crippen LogP) is 5.10. The standard InChI is InChI=1S/C26H16N4.Ag/c1-2-4-17(5-3-1)25-15-24-14-22-9-8-20(28-22)12-18-6-7-19(27-18)13-21-10-11-23(29-21)16-26(25)30-24;/h1-16H;. The normalized spacial score (nSPS) is 20.1. The Bertz CT molecular complexity index is 1350. The Labute approximate surface area is 195 Å². The van der Waals surface area contributed by atoms with Crippen molar-refractivity contribution in [1.29, 1.82) is 0 Å². The van der Waals surface area contributed by atoms with Gasteiger partial charge in [-0.2, -0.15) is 0 Å². The van der Waals surface area contributed by atoms with Crippen LogP contribution in [0.2, 0.25) is 0 Å². The van der Waals surface area contributed by atoms with Crippen molar-refractivity contribution < 1.29 is 22.4 Å². The van der Waals surface area contributed by atoms with Gasteiger partial charge in [-0.3, -0.25) is 0 Å². The van der Waals surface area contributed by atoms with Crippen molar-refractivity contribution in [1.82, 2.24) is 0 Å². The van der Waals surface area contributed by atoms with Gasteiger partial charge in [0.05, 0.1) is 45.6 Å². The molecule has 0 amide bonds. The maximum atomic E-state index is 4.87. The van der Waals surface area contributed by atoms with Crippen LogP contribution in [0.25, 0.3) is 5.57 Å². The van der Waals surface area contributed by atoms with Gasteiger partial charge in [-0.15, -0.1) is 0 Å². The molecule has 5 aliphatic heterocycles. The summed E-state index contributed by atoms with van der Waals surface area (Å²) in [7, 11) is 0. The third-order valence-electron chi connectivity index (χ3n) is 5.12. The topological polar surface area (TPSA) is 49.4 Å². The smallest absolute Gasteiger partial charge is 0.0737 e. The third kappa shape index (κ3) is 3.97. The summed E-state index contributed by atoms with van der Waals surface area (Å²) < 4.78 is 0. The predicted molar refractivity (Wildman–Crippen MR) is 124 cm³/mol. The molecule has 151 valence electrons. The maximum Gasteiger partial charge on any atom is 0.0737 e. The average molecular weight is 492 g/mol. The summed E-state index contributed by atoms with van der Waals surface area (Å²) in [5, 5.41) is 0. The first-order chi connectivity index (χ1) is 14.8. The van der Waals surface area contributed by atoms with Crippen LogP contribution in [-0.4, -0.2) is 22.8 Å². The van der Waals surface area contributed by atoms with Crippen LogP contribution in [0, 0.1) is 0 Å². The molecule has 0 N–H and O–H groups in total. The molecule has 0 saturated heterocycles. The van der Waals surface area contributed by atoms with Crippen molar-refractivity contribution in [3.8, 4) is 0 Å². The number of nitrogens with zero attached hydrogens (tertiary/aromatic N) is 4. The number of rotatable bonds is 1. The molecule has 1 aromatic rings. The molecule has 5 heteroatoms. The van der Waals surface area contributed by atoms with Crippen LogP contribution in [0.1, 0.15) is 5.56 Å². The fourth-order valence-corrected chi connectivity index (χ4v) is 3.75. The molecule has 4 nitrogen and oxygen atoms in total. The molecule has 0 aromatic heterocycles. The van der Waals surface area contributed by atoms with Crippen LogP contribution in [-0.2, 0) is 22.4 Å². The summed E-state index contributed by atoms with van der Waals surface area (Å²) in [6.07, 6.45) is 22.1. The first-order valence-electron chi connectivity index (χ1n) is 9.82. The van der Waals surface area contributed by atoms with Crippen LogP contribution in [0.15, 0.2) is 140 Å². The summed E-state index contributed by atoms with van der Waals surface area (Å²) in [5.41, 5.74) is 9.28. The van der Waals surface area contributed by atoms with Crippen LogP contribution >= 0.6 is 0 Å². The fraction of sp³-hybridized carbons (Fsp3) is 0. The van der Waals surface area contributed by atoms with Gasteiger partial charge in [0.15, 0.2) is 0 Å². The van der Waals surface area contributed by atoms with Gasteiger partial charge in [0, 0.05) is 28.0 Å². The van der Waals surface area contributed by atoms with Gasteiger partial charge in [-0.05, 0) is 72.4 Å². The van der Waals surface area contributed by atoms with Crippen molar-refractivity contribution in [3.05, 3.63) is 126 Å². The number of hydrogen-bond donors (Lipinski definition) is 0. The molecule has 5 aliphatic rings. The van der Waals surface area contributed by atoms with E-state index >= 15 is 0 Å². The van der Waals surface area contributed by atoms with Gasteiger partial charge in [-0.1, -0.05) is 30.3 Å². The molecule has 0 saturated carbocycles. The van der Waals surface area contributed by atoms with Crippen LogP contribution in [0.5, 0.6) is 0 Å². The van der Waals surface area contributed by atoms with Crippen LogP contribution in [0.3, 0.4) is 0 Å². The molecular formula is C26H16AgN4. The SMILES string of the molecule is C1=CC2=NC1=CC1=NC(=CC3=NC(=CC4=NC(=C2)C=C4)C(c2ccccc2)=C3)C=C1.[Ag]. The first-order valence-corrected chi connectivity index (χ1v) is 9.82. The number of allylic oxidation sites excluding steroid dienone is 12. The third-order valence-corrected chi connectivity index (χ3v) is 5.12. The van der Waals surface area contributed by atoms with Gasteiger partial charge < -0.3 is 0 Å². The van der Waals surface area contributed by atoms with Crippen molar-refractivity contribution >= 4 is 28.4 Å². The summed E-state index contributed by atoms with van der Waals surface area (Å²) in [6, 6.07) is 10.3. The van der Waals surface area contributed by atoms with Gasteiger partial charge in [0.2, 0.25) is 0 Å². The molecule has 0 unspecified atom stereocenters. The van der Waals surface area contributed by atoms with Gasteiger partial charge in [-0.25, -0.2) is 20.0 Å². The molecule has 8 bridgehead atoms. The number of benzene rings is 1. The van der Waals surface area contributed by atoms with Gasteiger partial charge >= 0.3 is 0 Å². The summed E-state index contributed by atoms with van der Waals surface area (Å²) in [4.78, 5) is 18.9. The monoisotopic (exact) mass is 491 g/mol. The molecule has 6 rings (SSSR count). The van der Waals surface area contributed by atoms with Crippen molar-refractivity contribution in [2.24, 2.45) is 20.0 Å². The Morgan fingerprint density at radius 2 is 0.968 bits per heavy atom. The van der Waals surface area contributed by atoms with E-state index in [1.807, 2.05) is 79.0 Å². The first kappa shape index (κ1) is 19.5. The second-order valence-corrected chi connectivity index (χ2v) is 7.31. The van der Waals surface area contributed by atoms with E-state index < -0.39 is 0 Å².